The van der Waals surface area contributed by atoms with Gasteiger partial charge in [0.25, 0.3) is 11.8 Å². The van der Waals surface area contributed by atoms with Crippen LogP contribution in [0, 0.1) is 17.8 Å². The van der Waals surface area contributed by atoms with E-state index >= 15 is 0 Å². The minimum absolute atomic E-state index is 0.283. The third kappa shape index (κ3) is 3.89. The Morgan fingerprint density at radius 1 is 1.04 bits per heavy atom. The molecule has 0 radical (unpaired) electrons. The lowest BCUT2D eigenvalue weighted by Crippen LogP contribution is -2.16. The van der Waals surface area contributed by atoms with Crippen LogP contribution >= 0.6 is 23.6 Å². The molecule has 0 aliphatic rings. The molecule has 3 aromatic rings. The maximum absolute atomic E-state index is 12.6. The molecule has 0 saturated carbocycles. The van der Waals surface area contributed by atoms with Gasteiger partial charge in [-0.2, -0.15) is 4.68 Å². The molecule has 0 fully saturated rings. The highest BCUT2D eigenvalue weighted by molar-refractivity contribution is 7.73. The molecular weight excluding hydrogens is 354 g/mol. The highest BCUT2D eigenvalue weighted by Crippen LogP contribution is 2.17. The molecule has 0 spiro atoms. The summed E-state index contributed by atoms with van der Waals surface area (Å²) >= 11 is 6.30. The summed E-state index contributed by atoms with van der Waals surface area (Å²) in [5.41, 5.74) is 2.98. The van der Waals surface area contributed by atoms with Crippen molar-refractivity contribution >= 4 is 40.5 Å². The van der Waals surface area contributed by atoms with E-state index in [0.717, 1.165) is 27.1 Å². The zero-order valence-corrected chi connectivity index (χ0v) is 15.3. The van der Waals surface area contributed by atoms with Gasteiger partial charge in [-0.15, -0.1) is 5.10 Å². The number of aryl methyl sites for hydroxylation is 2. The molecule has 5 nitrogen and oxygen atoms in total. The second kappa shape index (κ2) is 7.08. The number of carbonyl (C=O) groups is 2. The van der Waals surface area contributed by atoms with Crippen molar-refractivity contribution in [3.8, 4) is 0 Å². The Kier molecular flexibility index (Phi) is 4.87. The third-order valence-corrected chi connectivity index (χ3v) is 4.65. The van der Waals surface area contributed by atoms with Crippen LogP contribution in [0.2, 0.25) is 0 Å². The largest absolute Gasteiger partial charge is 0.296 e. The van der Waals surface area contributed by atoms with Crippen LogP contribution in [0.25, 0.3) is 0 Å². The smallest absolute Gasteiger partial charge is 0.280 e. The van der Waals surface area contributed by atoms with Crippen molar-refractivity contribution in [3.63, 3.8) is 0 Å². The van der Waals surface area contributed by atoms with E-state index in [1.54, 1.807) is 30.3 Å². The lowest BCUT2D eigenvalue weighted by atomic mass is 10.1. The van der Waals surface area contributed by atoms with Crippen molar-refractivity contribution in [2.75, 3.05) is 5.32 Å². The highest BCUT2D eigenvalue weighted by atomic mass is 32.1. The van der Waals surface area contributed by atoms with E-state index in [2.05, 4.69) is 10.4 Å². The van der Waals surface area contributed by atoms with E-state index in [1.165, 1.54) is 0 Å². The zero-order valence-electron chi connectivity index (χ0n) is 13.6. The predicted molar refractivity (Wildman–Crippen MR) is 101 cm³/mol. The predicted octanol–water partition coefficient (Wildman–Crippen LogP) is 4.23. The molecule has 1 aromatic heterocycles. The van der Waals surface area contributed by atoms with E-state index in [9.17, 15) is 9.59 Å². The molecule has 3 rings (SSSR count). The van der Waals surface area contributed by atoms with Gasteiger partial charge >= 0.3 is 0 Å². The minimum atomic E-state index is -0.319. The topological polar surface area (TPSA) is 64.0 Å². The van der Waals surface area contributed by atoms with E-state index in [-0.39, 0.29) is 20.9 Å². The van der Waals surface area contributed by atoms with E-state index in [0.29, 0.717) is 11.1 Å². The fourth-order valence-corrected chi connectivity index (χ4v) is 3.32. The molecule has 2 aromatic carbocycles. The molecule has 0 atom stereocenters. The molecule has 0 aliphatic heterocycles. The summed E-state index contributed by atoms with van der Waals surface area (Å²) < 4.78 is 1.42. The lowest BCUT2D eigenvalue weighted by Gasteiger charge is -2.03. The van der Waals surface area contributed by atoms with Crippen LogP contribution in [0.4, 0.5) is 5.13 Å². The van der Waals surface area contributed by atoms with Crippen molar-refractivity contribution in [1.29, 1.82) is 0 Å². The first-order valence-corrected chi connectivity index (χ1v) is 8.76. The summed E-state index contributed by atoms with van der Waals surface area (Å²) in [6.45, 7) is 3.82. The average molecular weight is 369 g/mol. The first-order valence-electron chi connectivity index (χ1n) is 7.53. The SMILES string of the molecule is Cc1cccc(C(=O)Nc2nn(C(=O)c3cccc(C)c3)c(=S)s2)c1. The highest BCUT2D eigenvalue weighted by Gasteiger charge is 2.15. The molecule has 1 heterocycles. The van der Waals surface area contributed by atoms with Gasteiger partial charge in [-0.3, -0.25) is 14.9 Å². The first kappa shape index (κ1) is 17.2. The molecule has 1 N–H and O–H groups in total. The van der Waals surface area contributed by atoms with Crippen LogP contribution in [0.1, 0.15) is 31.8 Å². The summed E-state index contributed by atoms with van der Waals surface area (Å²) in [5.74, 6) is -0.608. The van der Waals surface area contributed by atoms with Gasteiger partial charge in [0.1, 0.15) is 0 Å². The van der Waals surface area contributed by atoms with Gasteiger partial charge in [-0.05, 0) is 50.3 Å². The van der Waals surface area contributed by atoms with Crippen LogP contribution in [0.15, 0.2) is 48.5 Å². The summed E-state index contributed by atoms with van der Waals surface area (Å²) in [6, 6.07) is 14.4. The van der Waals surface area contributed by atoms with Crippen LogP contribution < -0.4 is 5.32 Å². The Morgan fingerprint density at radius 3 is 2.28 bits per heavy atom. The first-order chi connectivity index (χ1) is 11.9. The monoisotopic (exact) mass is 369 g/mol. The Morgan fingerprint density at radius 2 is 1.64 bits per heavy atom. The summed E-state index contributed by atoms with van der Waals surface area (Å²) in [7, 11) is 0. The number of amides is 1. The average Bonchev–Trinajstić information content (AvgIpc) is 2.94. The molecule has 1 amide bonds. The number of nitrogens with one attached hydrogen (secondary N) is 1. The van der Waals surface area contributed by atoms with E-state index in [4.69, 9.17) is 12.2 Å². The zero-order chi connectivity index (χ0) is 18.0. The Balaban J connectivity index is 1.84. The van der Waals surface area contributed by atoms with Crippen molar-refractivity contribution in [2.24, 2.45) is 0 Å². The van der Waals surface area contributed by atoms with Crippen LogP contribution in [-0.4, -0.2) is 21.6 Å². The van der Waals surface area contributed by atoms with Gasteiger partial charge < -0.3 is 0 Å². The molecule has 0 bridgehead atoms. The lowest BCUT2D eigenvalue weighted by molar-refractivity contribution is 0.0942. The maximum atomic E-state index is 12.6. The van der Waals surface area contributed by atoms with Crippen LogP contribution in [0.3, 0.4) is 0 Å². The van der Waals surface area contributed by atoms with Gasteiger partial charge in [0, 0.05) is 11.1 Å². The van der Waals surface area contributed by atoms with Gasteiger partial charge in [-0.1, -0.05) is 46.7 Å². The standard InChI is InChI=1S/C18H15N3O2S2/c1-11-5-3-7-13(9-11)15(22)19-17-20-21(18(24)25-17)16(23)14-8-4-6-12(2)10-14/h3-10H,1-2H3,(H,19,20,22). The van der Waals surface area contributed by atoms with Crippen LogP contribution in [-0.2, 0) is 0 Å². The van der Waals surface area contributed by atoms with Gasteiger partial charge in [0.2, 0.25) is 5.13 Å². The normalized spacial score (nSPS) is 10.5. The van der Waals surface area contributed by atoms with Gasteiger partial charge in [0.15, 0.2) is 3.95 Å². The number of benzene rings is 2. The number of aromatic nitrogens is 2. The van der Waals surface area contributed by atoms with Gasteiger partial charge in [0.05, 0.1) is 0 Å². The summed E-state index contributed by atoms with van der Waals surface area (Å²) in [6.07, 6.45) is 0. The minimum Gasteiger partial charge on any atom is -0.296 e. The van der Waals surface area contributed by atoms with Crippen molar-refractivity contribution in [3.05, 3.63) is 74.7 Å². The molecular formula is C18H15N3O2S2. The van der Waals surface area contributed by atoms with Crippen molar-refractivity contribution in [1.82, 2.24) is 9.78 Å². The Hall–Kier alpha value is -2.64. The fourth-order valence-electron chi connectivity index (χ4n) is 2.31. The third-order valence-electron chi connectivity index (χ3n) is 3.51. The molecule has 0 aliphatic carbocycles. The Labute approximate surface area is 153 Å². The molecule has 126 valence electrons. The van der Waals surface area contributed by atoms with Crippen molar-refractivity contribution < 1.29 is 9.59 Å². The van der Waals surface area contributed by atoms with Crippen LogP contribution in [0.5, 0.6) is 0 Å². The quantitative estimate of drug-likeness (QED) is 0.702. The van der Waals surface area contributed by atoms with E-state index in [1.807, 2.05) is 32.0 Å². The molecule has 0 saturated heterocycles. The summed E-state index contributed by atoms with van der Waals surface area (Å²) in [5, 5.41) is 7.14. The second-order valence-electron chi connectivity index (χ2n) is 5.58. The number of hydrogen-bond donors (Lipinski definition) is 1. The molecule has 0 unspecified atom stereocenters. The number of carbonyl (C=O) groups excluding carboxylic acids is 2. The van der Waals surface area contributed by atoms with Crippen molar-refractivity contribution in [2.45, 2.75) is 13.8 Å². The van der Waals surface area contributed by atoms with E-state index < -0.39 is 0 Å². The Bertz CT molecular complexity index is 1020. The number of rotatable bonds is 3. The number of hydrogen-bond acceptors (Lipinski definition) is 5. The van der Waals surface area contributed by atoms with Gasteiger partial charge in [-0.25, -0.2) is 0 Å². The number of anilines is 1. The molecule has 25 heavy (non-hydrogen) atoms. The second-order valence-corrected chi connectivity index (χ2v) is 7.21. The fraction of sp³-hybridized carbons (Fsp3) is 0.111. The molecule has 7 heteroatoms. The summed E-state index contributed by atoms with van der Waals surface area (Å²) in [4.78, 5) is 24.9. The maximum Gasteiger partial charge on any atom is 0.280 e. The number of nitrogens with zero attached hydrogens (tertiary/aromatic N) is 2.